The van der Waals surface area contributed by atoms with Crippen LogP contribution >= 0.6 is 11.6 Å². The number of aryl methyl sites for hydroxylation is 1. The van der Waals surface area contributed by atoms with Crippen LogP contribution in [0.2, 0.25) is 5.02 Å². The van der Waals surface area contributed by atoms with Crippen molar-refractivity contribution in [2.45, 2.75) is 25.5 Å². The number of rotatable bonds is 3. The van der Waals surface area contributed by atoms with E-state index in [0.717, 1.165) is 0 Å². The molecule has 22 heavy (non-hydrogen) atoms. The number of methoxy groups -OCH3 is 1. The summed E-state index contributed by atoms with van der Waals surface area (Å²) in [6.07, 6.45) is 2.22. The minimum absolute atomic E-state index is 0.0192. The van der Waals surface area contributed by atoms with E-state index in [-0.39, 0.29) is 12.1 Å². The second-order valence-corrected chi connectivity index (χ2v) is 5.47. The van der Waals surface area contributed by atoms with E-state index in [2.05, 4.69) is 15.2 Å². The van der Waals surface area contributed by atoms with E-state index in [1.54, 1.807) is 20.1 Å². The zero-order valence-corrected chi connectivity index (χ0v) is 12.9. The largest absolute Gasteiger partial charge is 0.423 e. The van der Waals surface area contributed by atoms with Gasteiger partial charge in [0, 0.05) is 33.2 Å². The summed E-state index contributed by atoms with van der Waals surface area (Å²) in [6, 6.07) is 3.47. The minimum Gasteiger partial charge on any atom is -0.423 e. The van der Waals surface area contributed by atoms with Gasteiger partial charge in [0.1, 0.15) is 17.9 Å². The maximum absolute atomic E-state index is 8.92. The van der Waals surface area contributed by atoms with Crippen LogP contribution in [0.15, 0.2) is 16.7 Å². The van der Waals surface area contributed by atoms with Gasteiger partial charge in [-0.3, -0.25) is 0 Å². The van der Waals surface area contributed by atoms with Crippen molar-refractivity contribution < 1.29 is 9.15 Å². The van der Waals surface area contributed by atoms with Crippen molar-refractivity contribution in [1.82, 2.24) is 15.2 Å². The molecule has 2 aromatic heterocycles. The number of nitriles is 1. The number of hydrogen-bond acceptors (Lipinski definition) is 7. The van der Waals surface area contributed by atoms with Crippen molar-refractivity contribution >= 4 is 17.4 Å². The van der Waals surface area contributed by atoms with E-state index in [1.807, 2.05) is 11.0 Å². The number of aromatic nitrogens is 3. The highest BCUT2D eigenvalue weighted by Crippen LogP contribution is 2.38. The summed E-state index contributed by atoms with van der Waals surface area (Å²) in [5.41, 5.74) is 0.418. The highest BCUT2D eigenvalue weighted by Gasteiger charge is 2.38. The molecule has 2 aromatic rings. The smallest absolute Gasteiger partial charge is 0.238 e. The van der Waals surface area contributed by atoms with Gasteiger partial charge < -0.3 is 14.1 Å². The van der Waals surface area contributed by atoms with Gasteiger partial charge in [0.05, 0.1) is 16.7 Å². The molecule has 0 radical (unpaired) electrons. The Kier molecular flexibility index (Phi) is 3.96. The number of pyridine rings is 1. The lowest BCUT2D eigenvalue weighted by Gasteiger charge is -2.23. The molecular weight excluding hydrogens is 306 g/mol. The standard InChI is InChI=1S/C14H14ClN5O2/c1-8-18-19-14(22-8)12-4-10(21-2)7-20(12)13-11(15)3-9(5-16)6-17-13/h3,6,10,12H,4,7H2,1-2H3/t10-,12+/m0/s1. The first-order valence-corrected chi connectivity index (χ1v) is 7.15. The molecule has 1 aliphatic rings. The maximum Gasteiger partial charge on any atom is 0.238 e. The van der Waals surface area contributed by atoms with E-state index in [4.69, 9.17) is 26.0 Å². The van der Waals surface area contributed by atoms with E-state index < -0.39 is 0 Å². The van der Waals surface area contributed by atoms with Crippen molar-refractivity contribution in [2.24, 2.45) is 0 Å². The van der Waals surface area contributed by atoms with Crippen LogP contribution in [-0.4, -0.2) is 34.9 Å². The molecule has 114 valence electrons. The lowest BCUT2D eigenvalue weighted by Crippen LogP contribution is -2.26. The number of halogens is 1. The van der Waals surface area contributed by atoms with Gasteiger partial charge in [-0.2, -0.15) is 5.26 Å². The fourth-order valence-corrected chi connectivity index (χ4v) is 2.86. The van der Waals surface area contributed by atoms with Crippen LogP contribution in [0.5, 0.6) is 0 Å². The lowest BCUT2D eigenvalue weighted by atomic mass is 10.2. The van der Waals surface area contributed by atoms with Gasteiger partial charge in [-0.15, -0.1) is 10.2 Å². The summed E-state index contributed by atoms with van der Waals surface area (Å²) in [4.78, 5) is 6.29. The van der Waals surface area contributed by atoms with E-state index in [1.165, 1.54) is 6.20 Å². The van der Waals surface area contributed by atoms with Gasteiger partial charge in [-0.05, 0) is 6.07 Å². The average Bonchev–Trinajstić information content (AvgIpc) is 3.13. The third-order valence-electron chi connectivity index (χ3n) is 3.65. The van der Waals surface area contributed by atoms with Crippen LogP contribution in [0.4, 0.5) is 5.82 Å². The Labute approximate surface area is 132 Å². The van der Waals surface area contributed by atoms with Crippen LogP contribution in [0.25, 0.3) is 0 Å². The SMILES string of the molecule is CO[C@H]1C[C@H](c2nnc(C)o2)N(c2ncc(C#N)cc2Cl)C1. The highest BCUT2D eigenvalue weighted by molar-refractivity contribution is 6.33. The van der Waals surface area contributed by atoms with Gasteiger partial charge in [0.15, 0.2) is 0 Å². The molecule has 0 spiro atoms. The monoisotopic (exact) mass is 319 g/mol. The first kappa shape index (κ1) is 14.8. The Bertz CT molecular complexity index is 726. The number of ether oxygens (including phenoxy) is 1. The molecule has 8 heteroatoms. The predicted molar refractivity (Wildman–Crippen MR) is 78.5 cm³/mol. The van der Waals surface area contributed by atoms with Crippen LogP contribution in [0.1, 0.15) is 29.8 Å². The summed E-state index contributed by atoms with van der Waals surface area (Å²) < 4.78 is 11.0. The molecule has 1 fully saturated rings. The zero-order chi connectivity index (χ0) is 15.7. The molecule has 7 nitrogen and oxygen atoms in total. The summed E-state index contributed by atoms with van der Waals surface area (Å²) in [5, 5.41) is 17.3. The van der Waals surface area contributed by atoms with Crippen molar-refractivity contribution in [3.8, 4) is 6.07 Å². The quantitative estimate of drug-likeness (QED) is 0.857. The van der Waals surface area contributed by atoms with Crippen molar-refractivity contribution in [3.63, 3.8) is 0 Å². The second kappa shape index (κ2) is 5.91. The molecule has 1 saturated heterocycles. The molecule has 0 N–H and O–H groups in total. The Morgan fingerprint density at radius 2 is 2.32 bits per heavy atom. The first-order chi connectivity index (χ1) is 10.6. The van der Waals surface area contributed by atoms with Crippen molar-refractivity contribution in [3.05, 3.63) is 34.6 Å². The molecule has 0 aromatic carbocycles. The average molecular weight is 320 g/mol. The van der Waals surface area contributed by atoms with Gasteiger partial charge in [-0.25, -0.2) is 4.98 Å². The molecule has 0 bridgehead atoms. The van der Waals surface area contributed by atoms with Crippen molar-refractivity contribution in [2.75, 3.05) is 18.6 Å². The summed E-state index contributed by atoms with van der Waals surface area (Å²) in [6.45, 7) is 2.36. The fraction of sp³-hybridized carbons (Fsp3) is 0.429. The number of anilines is 1. The fourth-order valence-electron chi connectivity index (χ4n) is 2.59. The molecule has 0 saturated carbocycles. The third kappa shape index (κ3) is 2.63. The molecule has 0 amide bonds. The van der Waals surface area contributed by atoms with E-state index in [9.17, 15) is 0 Å². The van der Waals surface area contributed by atoms with Crippen LogP contribution in [-0.2, 0) is 4.74 Å². The third-order valence-corrected chi connectivity index (χ3v) is 3.92. The highest BCUT2D eigenvalue weighted by atomic mass is 35.5. The van der Waals surface area contributed by atoms with Gasteiger partial charge in [0.2, 0.25) is 11.8 Å². The maximum atomic E-state index is 8.92. The van der Waals surface area contributed by atoms with Crippen molar-refractivity contribution in [1.29, 1.82) is 5.26 Å². The van der Waals surface area contributed by atoms with Crippen LogP contribution in [0, 0.1) is 18.3 Å². The minimum atomic E-state index is -0.149. The lowest BCUT2D eigenvalue weighted by molar-refractivity contribution is 0.117. The van der Waals surface area contributed by atoms with Crippen LogP contribution < -0.4 is 4.90 Å². The molecule has 3 rings (SSSR count). The van der Waals surface area contributed by atoms with E-state index >= 15 is 0 Å². The number of hydrogen-bond donors (Lipinski definition) is 0. The van der Waals surface area contributed by atoms with Gasteiger partial charge >= 0.3 is 0 Å². The zero-order valence-electron chi connectivity index (χ0n) is 12.2. The predicted octanol–water partition coefficient (Wildman–Crippen LogP) is 2.26. The van der Waals surface area contributed by atoms with Crippen LogP contribution in [0.3, 0.4) is 0 Å². The van der Waals surface area contributed by atoms with Gasteiger partial charge in [-0.1, -0.05) is 11.6 Å². The summed E-state index contributed by atoms with van der Waals surface area (Å²) >= 11 is 6.27. The Morgan fingerprint density at radius 1 is 1.50 bits per heavy atom. The number of nitrogens with zero attached hydrogens (tertiary/aromatic N) is 5. The molecule has 2 atom stereocenters. The molecule has 1 aliphatic heterocycles. The molecule has 0 unspecified atom stereocenters. The Balaban J connectivity index is 1.97. The normalized spacial score (nSPS) is 21.1. The Morgan fingerprint density at radius 3 is 2.91 bits per heavy atom. The van der Waals surface area contributed by atoms with E-state index in [0.29, 0.717) is 41.2 Å². The molecule has 3 heterocycles. The second-order valence-electron chi connectivity index (χ2n) is 5.06. The van der Waals surface area contributed by atoms with Gasteiger partial charge in [0.25, 0.3) is 0 Å². The molecule has 0 aliphatic carbocycles. The first-order valence-electron chi connectivity index (χ1n) is 6.77. The summed E-state index contributed by atoms with van der Waals surface area (Å²) in [5.74, 6) is 1.61. The molecular formula is C14H14ClN5O2. The topological polar surface area (TPSA) is 88.1 Å². The summed E-state index contributed by atoms with van der Waals surface area (Å²) in [7, 11) is 1.66. The Hall–Kier alpha value is -2.17.